The zero-order valence-corrected chi connectivity index (χ0v) is 12.4. The Balaban J connectivity index is 2.44. The van der Waals surface area contributed by atoms with Gasteiger partial charge in [0, 0.05) is 24.9 Å². The van der Waals surface area contributed by atoms with Gasteiger partial charge >= 0.3 is 0 Å². The molecule has 0 saturated carbocycles. The van der Waals surface area contributed by atoms with Crippen LogP contribution in [0.25, 0.3) is 0 Å². The Bertz CT molecular complexity index is 412. The van der Waals surface area contributed by atoms with E-state index in [1.54, 1.807) is 12.1 Å². The maximum Gasteiger partial charge on any atom is 0.282 e. The lowest BCUT2D eigenvalue weighted by Gasteiger charge is -2.09. The van der Waals surface area contributed by atoms with Crippen molar-refractivity contribution in [1.82, 2.24) is 0 Å². The van der Waals surface area contributed by atoms with Crippen molar-refractivity contribution >= 4 is 34.0 Å². The molecule has 0 fully saturated rings. The molecule has 2 N–H and O–H groups in total. The van der Waals surface area contributed by atoms with E-state index in [9.17, 15) is 10.1 Å². The Labute approximate surface area is 120 Å². The second-order valence-corrected chi connectivity index (χ2v) is 5.44. The zero-order chi connectivity index (χ0) is 13.5. The van der Waals surface area contributed by atoms with Gasteiger partial charge < -0.3 is 10.4 Å². The predicted molar refractivity (Wildman–Crippen MR) is 79.8 cm³/mol. The largest absolute Gasteiger partial charge is 0.396 e. The fourth-order valence-electron chi connectivity index (χ4n) is 1.54. The molecular weight excluding hydrogens is 347 g/mol. The number of rotatable bonds is 7. The summed E-state index contributed by atoms with van der Waals surface area (Å²) in [7, 11) is 0. The van der Waals surface area contributed by atoms with Gasteiger partial charge in [0.1, 0.15) is 0 Å². The lowest BCUT2D eigenvalue weighted by atomic mass is 10.1. The lowest BCUT2D eigenvalue weighted by molar-refractivity contribution is -0.385. The normalized spacial score (nSPS) is 12.2. The molecule has 0 amide bonds. The van der Waals surface area contributed by atoms with Gasteiger partial charge in [-0.25, -0.2) is 0 Å². The van der Waals surface area contributed by atoms with E-state index >= 15 is 0 Å². The molecule has 0 spiro atoms. The highest BCUT2D eigenvalue weighted by atomic mass is 127. The number of aliphatic hydroxyl groups excluding tert-OH is 1. The topological polar surface area (TPSA) is 75.4 Å². The Hall–Kier alpha value is -0.890. The first-order valence-electron chi connectivity index (χ1n) is 5.83. The number of nitro groups is 1. The predicted octanol–water partition coefficient (Wildman–Crippen LogP) is 3.02. The molecule has 1 atom stereocenters. The molecular formula is C12H17IN2O3. The molecule has 1 rings (SSSR count). The van der Waals surface area contributed by atoms with E-state index in [-0.39, 0.29) is 17.2 Å². The highest BCUT2D eigenvalue weighted by Gasteiger charge is 2.11. The van der Waals surface area contributed by atoms with Crippen LogP contribution in [0.2, 0.25) is 0 Å². The van der Waals surface area contributed by atoms with Crippen molar-refractivity contribution in [1.29, 1.82) is 0 Å². The first-order chi connectivity index (χ1) is 8.54. The average molecular weight is 364 g/mol. The van der Waals surface area contributed by atoms with Gasteiger partial charge in [-0.1, -0.05) is 6.92 Å². The molecule has 0 aliphatic carbocycles. The lowest BCUT2D eigenvalue weighted by Crippen LogP contribution is -2.06. The highest BCUT2D eigenvalue weighted by Crippen LogP contribution is 2.24. The molecule has 0 bridgehead atoms. The van der Waals surface area contributed by atoms with E-state index < -0.39 is 0 Å². The molecule has 18 heavy (non-hydrogen) atoms. The van der Waals surface area contributed by atoms with Gasteiger partial charge in [0.05, 0.1) is 8.49 Å². The molecule has 0 aliphatic heterocycles. The van der Waals surface area contributed by atoms with Crippen LogP contribution in [-0.2, 0) is 0 Å². The third-order valence-corrected chi connectivity index (χ3v) is 3.52. The minimum Gasteiger partial charge on any atom is -0.396 e. The van der Waals surface area contributed by atoms with Gasteiger partial charge in [-0.2, -0.15) is 0 Å². The van der Waals surface area contributed by atoms with Gasteiger partial charge in [0.2, 0.25) is 0 Å². The van der Waals surface area contributed by atoms with Crippen molar-refractivity contribution in [3.63, 3.8) is 0 Å². The fourth-order valence-corrected chi connectivity index (χ4v) is 2.25. The molecule has 100 valence electrons. The molecule has 0 aliphatic rings. The van der Waals surface area contributed by atoms with E-state index in [4.69, 9.17) is 5.11 Å². The molecule has 0 heterocycles. The SMILES string of the molecule is CC(CO)CCCNc1ccc([N+](=O)[O-])c(I)c1. The number of nitro benzene ring substituents is 1. The number of anilines is 1. The van der Waals surface area contributed by atoms with Crippen molar-refractivity contribution in [2.75, 3.05) is 18.5 Å². The van der Waals surface area contributed by atoms with Crippen molar-refractivity contribution in [3.8, 4) is 0 Å². The Morgan fingerprint density at radius 3 is 2.83 bits per heavy atom. The molecule has 6 heteroatoms. The van der Waals surface area contributed by atoms with Crippen LogP contribution in [0.3, 0.4) is 0 Å². The number of hydrogen-bond acceptors (Lipinski definition) is 4. The fraction of sp³-hybridized carbons (Fsp3) is 0.500. The van der Waals surface area contributed by atoms with Crippen LogP contribution in [0.4, 0.5) is 11.4 Å². The molecule has 0 saturated heterocycles. The van der Waals surface area contributed by atoms with Crippen molar-refractivity contribution in [3.05, 3.63) is 31.9 Å². The van der Waals surface area contributed by atoms with Crippen LogP contribution in [0.1, 0.15) is 19.8 Å². The maximum atomic E-state index is 10.7. The number of halogens is 1. The molecule has 0 aromatic heterocycles. The van der Waals surface area contributed by atoms with Gasteiger partial charge in [-0.15, -0.1) is 0 Å². The van der Waals surface area contributed by atoms with E-state index in [0.717, 1.165) is 25.1 Å². The summed E-state index contributed by atoms with van der Waals surface area (Å²) in [4.78, 5) is 10.3. The second-order valence-electron chi connectivity index (χ2n) is 4.28. The minimum absolute atomic E-state index is 0.134. The standard InChI is InChI=1S/C12H17IN2O3/c1-9(8-16)3-2-6-14-10-4-5-12(15(17)18)11(13)7-10/h4-5,7,9,14,16H,2-3,6,8H2,1H3. The summed E-state index contributed by atoms with van der Waals surface area (Å²) < 4.78 is 0.631. The van der Waals surface area contributed by atoms with Crippen LogP contribution < -0.4 is 5.32 Å². The Morgan fingerprint density at radius 2 is 2.28 bits per heavy atom. The smallest absolute Gasteiger partial charge is 0.282 e. The summed E-state index contributed by atoms with van der Waals surface area (Å²) in [5.74, 6) is 0.323. The Kier molecular flexibility index (Phi) is 6.34. The van der Waals surface area contributed by atoms with Crippen LogP contribution in [0, 0.1) is 19.6 Å². The Morgan fingerprint density at radius 1 is 1.56 bits per heavy atom. The third-order valence-electron chi connectivity index (χ3n) is 2.66. The number of aliphatic hydroxyl groups is 1. The first-order valence-corrected chi connectivity index (χ1v) is 6.91. The average Bonchev–Trinajstić information content (AvgIpc) is 2.34. The van der Waals surface area contributed by atoms with Crippen LogP contribution in [-0.4, -0.2) is 23.2 Å². The molecule has 1 aromatic carbocycles. The summed E-state index contributed by atoms with van der Waals surface area (Å²) in [5.41, 5.74) is 1.02. The first kappa shape index (κ1) is 15.2. The molecule has 0 radical (unpaired) electrons. The number of hydrogen-bond donors (Lipinski definition) is 2. The highest BCUT2D eigenvalue weighted by molar-refractivity contribution is 14.1. The van der Waals surface area contributed by atoms with Crippen molar-refractivity contribution in [2.45, 2.75) is 19.8 Å². The second kappa shape index (κ2) is 7.52. The van der Waals surface area contributed by atoms with E-state index in [1.165, 1.54) is 6.07 Å². The minimum atomic E-state index is -0.380. The summed E-state index contributed by atoms with van der Waals surface area (Å²) in [5, 5.41) is 22.8. The number of nitrogens with zero attached hydrogens (tertiary/aromatic N) is 1. The van der Waals surface area contributed by atoms with E-state index in [2.05, 4.69) is 5.32 Å². The molecule has 5 nitrogen and oxygen atoms in total. The summed E-state index contributed by atoms with van der Waals surface area (Å²) in [6.45, 7) is 3.03. The third kappa shape index (κ3) is 4.77. The van der Waals surface area contributed by atoms with E-state index in [0.29, 0.717) is 9.49 Å². The zero-order valence-electron chi connectivity index (χ0n) is 10.2. The molecule has 1 unspecified atom stereocenters. The number of benzene rings is 1. The monoisotopic (exact) mass is 364 g/mol. The quantitative estimate of drug-likeness (QED) is 0.338. The van der Waals surface area contributed by atoms with Crippen molar-refractivity contribution in [2.24, 2.45) is 5.92 Å². The number of nitrogens with one attached hydrogen (secondary N) is 1. The van der Waals surface area contributed by atoms with Gasteiger partial charge in [0.25, 0.3) is 5.69 Å². The van der Waals surface area contributed by atoms with Gasteiger partial charge in [-0.05, 0) is 53.5 Å². The van der Waals surface area contributed by atoms with Crippen LogP contribution in [0.5, 0.6) is 0 Å². The molecule has 1 aromatic rings. The van der Waals surface area contributed by atoms with Crippen LogP contribution in [0.15, 0.2) is 18.2 Å². The van der Waals surface area contributed by atoms with Crippen molar-refractivity contribution < 1.29 is 10.0 Å². The summed E-state index contributed by atoms with van der Waals surface area (Å²) in [6, 6.07) is 5.00. The maximum absolute atomic E-state index is 10.7. The summed E-state index contributed by atoms with van der Waals surface area (Å²) >= 11 is 1.96. The summed E-state index contributed by atoms with van der Waals surface area (Å²) in [6.07, 6.45) is 1.93. The van der Waals surface area contributed by atoms with Crippen LogP contribution >= 0.6 is 22.6 Å². The van der Waals surface area contributed by atoms with Gasteiger partial charge in [-0.3, -0.25) is 10.1 Å². The van der Waals surface area contributed by atoms with E-state index in [1.807, 2.05) is 29.5 Å². The van der Waals surface area contributed by atoms with Gasteiger partial charge in [0.15, 0.2) is 0 Å².